The minimum Gasteiger partial charge on any atom is -0.460 e. The van der Waals surface area contributed by atoms with E-state index in [0.29, 0.717) is 24.4 Å². The largest absolute Gasteiger partial charge is 0.460 e. The van der Waals surface area contributed by atoms with Gasteiger partial charge in [-0.15, -0.1) is 0 Å². The van der Waals surface area contributed by atoms with Crippen LogP contribution in [0.25, 0.3) is 0 Å². The molecule has 0 radical (unpaired) electrons. The van der Waals surface area contributed by atoms with Crippen LogP contribution in [-0.4, -0.2) is 142 Å². The first-order valence-electron chi connectivity index (χ1n) is 22.6. The van der Waals surface area contributed by atoms with Crippen molar-refractivity contribution in [2.45, 2.75) is 188 Å². The lowest BCUT2D eigenvalue weighted by Crippen LogP contribution is -2.58. The van der Waals surface area contributed by atoms with Gasteiger partial charge >= 0.3 is 46.2 Å². The maximum atomic E-state index is 11.4. The number of carbonyl (C=O) groups is 2. The van der Waals surface area contributed by atoms with Gasteiger partial charge in [-0.25, -0.2) is 9.59 Å². The first-order chi connectivity index (χ1) is 28.2. The quantitative estimate of drug-likeness (QED) is 0.0276. The summed E-state index contributed by atoms with van der Waals surface area (Å²) in [5.74, 6) is -1.01. The summed E-state index contributed by atoms with van der Waals surface area (Å²) < 4.78 is 60.4. The van der Waals surface area contributed by atoms with E-state index in [1.807, 2.05) is 0 Å². The molecule has 2 unspecified atom stereocenters. The lowest BCUT2D eigenvalue weighted by atomic mass is 10.3. The van der Waals surface area contributed by atoms with Crippen molar-refractivity contribution in [2.75, 3.05) is 39.6 Å². The zero-order valence-corrected chi connectivity index (χ0v) is 51.6. The Labute approximate surface area is 393 Å². The Balaban J connectivity index is 0. The van der Waals surface area contributed by atoms with E-state index in [4.69, 9.17) is 43.6 Å². The van der Waals surface area contributed by atoms with Crippen molar-refractivity contribution in [3.05, 3.63) is 24.3 Å². The summed E-state index contributed by atoms with van der Waals surface area (Å²) >= 11 is 0. The van der Waals surface area contributed by atoms with Gasteiger partial charge in [-0.1, -0.05) is 32.9 Å². The molecule has 22 heteroatoms. The highest BCUT2D eigenvalue weighted by Gasteiger charge is 2.46. The third-order valence-electron chi connectivity index (χ3n) is 8.32. The van der Waals surface area contributed by atoms with Crippen molar-refractivity contribution in [1.82, 2.24) is 0 Å². The second kappa shape index (κ2) is 28.9. The first kappa shape index (κ1) is 64.8. The van der Waals surface area contributed by atoms with Gasteiger partial charge in [0.25, 0.3) is 0 Å². The summed E-state index contributed by atoms with van der Waals surface area (Å²) in [7, 11) is -16.6. The third-order valence-corrected chi connectivity index (χ3v) is 37.3. The number of unbranched alkanes of at least 4 members (excludes halogenated alkanes) is 1. The fourth-order valence-corrected chi connectivity index (χ4v) is 44.2. The first-order valence-corrected chi connectivity index (χ1v) is 46.6. The lowest BCUT2D eigenvalue weighted by Gasteiger charge is -2.42. The summed E-state index contributed by atoms with van der Waals surface area (Å²) in [6, 6.07) is 2.93. The van der Waals surface area contributed by atoms with E-state index in [0.717, 1.165) is 31.0 Å². The van der Waals surface area contributed by atoms with Gasteiger partial charge in [0.05, 0.1) is 13.2 Å². The summed E-state index contributed by atoms with van der Waals surface area (Å²) in [4.78, 5) is 22.7. The highest BCUT2D eigenvalue weighted by atomic mass is 28.5. The lowest BCUT2D eigenvalue weighted by molar-refractivity contribution is -0.143. The van der Waals surface area contributed by atoms with Crippen molar-refractivity contribution in [1.29, 1.82) is 0 Å². The molecule has 0 rings (SSSR count). The predicted octanol–water partition coefficient (Wildman–Crippen LogP) is 9.90. The maximum absolute atomic E-state index is 11.4. The molecule has 0 heterocycles. The molecule has 0 aromatic heterocycles. The van der Waals surface area contributed by atoms with Gasteiger partial charge in [0.2, 0.25) is 0 Å². The Bertz CT molecular complexity index is 1350. The van der Waals surface area contributed by atoms with Gasteiger partial charge in [0.15, 0.2) is 33.3 Å². The predicted molar refractivity (Wildman–Crippen MR) is 276 cm³/mol. The van der Waals surface area contributed by atoms with Crippen molar-refractivity contribution in [2.24, 2.45) is 0 Å². The van der Waals surface area contributed by atoms with Crippen LogP contribution in [0.3, 0.4) is 0 Å². The summed E-state index contributed by atoms with van der Waals surface area (Å²) in [5.41, 5.74) is 0.618. The van der Waals surface area contributed by atoms with Gasteiger partial charge in [-0.05, 0) is 156 Å². The van der Waals surface area contributed by atoms with Crippen LogP contribution in [0.2, 0.25) is 129 Å². The van der Waals surface area contributed by atoms with Gasteiger partial charge < -0.3 is 53.9 Å². The molecule has 0 aliphatic rings. The van der Waals surface area contributed by atoms with E-state index in [9.17, 15) is 19.8 Å². The minimum atomic E-state index is -2.46. The Hall–Kier alpha value is -0.245. The topological polar surface area (TPSA) is 167 Å². The molecule has 0 aromatic rings. The number of hydrogen-bond donors (Lipinski definition) is 2. The molecule has 0 aliphatic carbocycles. The second-order valence-corrected chi connectivity index (χ2v) is 53.8. The Morgan fingerprint density at radius 3 is 1.11 bits per heavy atom. The molecule has 0 bridgehead atoms. The highest BCUT2D eigenvalue weighted by Crippen LogP contribution is 2.29. The number of carbonyl (C=O) groups excluding carboxylic acids is 2. The number of hydrogen-bond acceptors (Lipinski definition) is 14. The Morgan fingerprint density at radius 1 is 0.476 bits per heavy atom. The molecular weight excluding hydrogens is 941 g/mol. The SMILES string of the molecule is C=C(C)C(=O)OCC(O)COCCC[Si](C)(C)O[Si](C)(C)O[Si](C)(C)O[Si](C)(C)O[Si](C)(C)CCCC.C=C(C)C(=O)OCC(O)COCCC[Si](C)(O[Si](C)(C)C)O[Si](C)(C)C. The summed E-state index contributed by atoms with van der Waals surface area (Å²) in [6.07, 6.45) is 2.34. The van der Waals surface area contributed by atoms with Crippen LogP contribution in [0.4, 0.5) is 0 Å². The molecule has 374 valence electrons. The zero-order chi connectivity index (χ0) is 49.7. The summed E-state index contributed by atoms with van der Waals surface area (Å²) in [5, 5.41) is 19.7. The van der Waals surface area contributed by atoms with E-state index in [1.54, 1.807) is 13.8 Å². The average Bonchev–Trinajstić information content (AvgIpc) is 3.04. The monoisotopic (exact) mass is 1030 g/mol. The minimum absolute atomic E-state index is 0.0877. The van der Waals surface area contributed by atoms with Crippen molar-refractivity contribution in [3.63, 3.8) is 0 Å². The van der Waals surface area contributed by atoms with Crippen molar-refractivity contribution >= 4 is 79.5 Å². The number of aliphatic hydroxyl groups excluding tert-OH is 2. The van der Waals surface area contributed by atoms with E-state index in [2.05, 4.69) is 131 Å². The van der Waals surface area contributed by atoms with Crippen molar-refractivity contribution < 1.29 is 63.4 Å². The molecule has 2 N–H and O–H groups in total. The normalized spacial score (nSPS) is 14.4. The summed E-state index contributed by atoms with van der Waals surface area (Å²) in [6.45, 7) is 50.4. The zero-order valence-electron chi connectivity index (χ0n) is 43.6. The molecule has 63 heavy (non-hydrogen) atoms. The van der Waals surface area contributed by atoms with Gasteiger partial charge in [0.1, 0.15) is 25.4 Å². The van der Waals surface area contributed by atoms with Crippen LogP contribution in [0, 0.1) is 0 Å². The molecule has 0 fully saturated rings. The third kappa shape index (κ3) is 37.4. The molecule has 2 atom stereocenters. The molecule has 0 aliphatic heterocycles. The van der Waals surface area contributed by atoms with Gasteiger partial charge in [-0.3, -0.25) is 0 Å². The number of aliphatic hydroxyl groups is 2. The van der Waals surface area contributed by atoms with E-state index < -0.39 is 91.7 Å². The van der Waals surface area contributed by atoms with Crippen LogP contribution < -0.4 is 0 Å². The molecule has 0 saturated carbocycles. The van der Waals surface area contributed by atoms with E-state index >= 15 is 0 Å². The van der Waals surface area contributed by atoms with Crippen LogP contribution in [0.5, 0.6) is 0 Å². The standard InChI is InChI=1S/C24H56O8Si5.C17H38O6Si3/c1-14-15-18-33(4,5)29-35(8,9)31-37(12,13)32-36(10,11)30-34(6,7)19-16-17-27-20-23(25)21-28-24(26)22(2)3;1-15(2)17(19)21-14-16(18)13-20-11-10-12-26(9,22-24(3,4)5)23-25(6,7)8/h23,25H,2,14-21H2,1,3-13H3;16,18H,1,10-14H2,2-9H3. The van der Waals surface area contributed by atoms with Crippen LogP contribution in [0.15, 0.2) is 24.3 Å². The molecule has 0 aromatic carbocycles. The fourth-order valence-electron chi connectivity index (χ4n) is 6.92. The molecule has 0 saturated heterocycles. The maximum Gasteiger partial charge on any atom is 0.333 e. The Kier molecular flexibility index (Phi) is 29.8. The fraction of sp³-hybridized carbons (Fsp3) is 0.854. The molecular formula is C41H94O14Si8. The Morgan fingerprint density at radius 2 is 0.794 bits per heavy atom. The molecule has 0 amide bonds. The number of rotatable bonds is 33. The van der Waals surface area contributed by atoms with E-state index in [1.165, 1.54) is 12.8 Å². The van der Waals surface area contributed by atoms with Crippen LogP contribution in [0.1, 0.15) is 46.5 Å². The molecule has 14 nitrogen and oxygen atoms in total. The molecule has 0 spiro atoms. The van der Waals surface area contributed by atoms with Crippen LogP contribution >= 0.6 is 0 Å². The van der Waals surface area contributed by atoms with Crippen LogP contribution in [-0.2, 0) is 53.2 Å². The van der Waals surface area contributed by atoms with Gasteiger partial charge in [0, 0.05) is 24.4 Å². The number of ether oxygens (including phenoxy) is 4. The van der Waals surface area contributed by atoms with E-state index in [-0.39, 0.29) is 26.4 Å². The smallest absolute Gasteiger partial charge is 0.333 e. The van der Waals surface area contributed by atoms with Crippen molar-refractivity contribution in [3.8, 4) is 0 Å². The average molecular weight is 1040 g/mol. The second-order valence-electron chi connectivity index (χ2n) is 21.2. The van der Waals surface area contributed by atoms with Gasteiger partial charge in [-0.2, -0.15) is 0 Å². The number of esters is 2. The highest BCUT2D eigenvalue weighted by molar-refractivity contribution is 6.91.